The molecule has 0 radical (unpaired) electrons. The Morgan fingerprint density at radius 2 is 1.67 bits per heavy atom. The first kappa shape index (κ1) is 16.7. The van der Waals surface area contributed by atoms with Crippen LogP contribution in [0.1, 0.15) is 5.56 Å². The molecule has 0 aliphatic rings. The molecule has 0 atom stereocenters. The molecule has 5 nitrogen and oxygen atoms in total. The molecule has 0 amide bonds. The van der Waals surface area contributed by atoms with E-state index in [1.54, 1.807) is 12.1 Å². The van der Waals surface area contributed by atoms with Crippen molar-refractivity contribution in [3.8, 4) is 11.6 Å². The van der Waals surface area contributed by atoms with Gasteiger partial charge in [-0.05, 0) is 17.5 Å². The van der Waals surface area contributed by atoms with Gasteiger partial charge in [0.25, 0.3) is 5.69 Å². The summed E-state index contributed by atoms with van der Waals surface area (Å²) in [6, 6.07) is 26.3. The Labute approximate surface area is 156 Å². The third-order valence-corrected chi connectivity index (χ3v) is 4.32. The van der Waals surface area contributed by atoms with Gasteiger partial charge in [0, 0.05) is 17.7 Å². The maximum atomic E-state index is 11.1. The van der Waals surface area contributed by atoms with Gasteiger partial charge < -0.3 is 4.74 Å². The molecular formula is C22H17N2O3+. The molecule has 3 aromatic carbocycles. The van der Waals surface area contributed by atoms with Crippen LogP contribution in [0.3, 0.4) is 0 Å². The highest BCUT2D eigenvalue weighted by Crippen LogP contribution is 2.28. The van der Waals surface area contributed by atoms with E-state index in [1.165, 1.54) is 12.1 Å². The van der Waals surface area contributed by atoms with Crippen LogP contribution < -0.4 is 9.30 Å². The summed E-state index contributed by atoms with van der Waals surface area (Å²) in [4.78, 5) is 10.6. The lowest BCUT2D eigenvalue weighted by Crippen LogP contribution is -2.35. The molecule has 0 spiro atoms. The molecular weight excluding hydrogens is 340 g/mol. The summed E-state index contributed by atoms with van der Waals surface area (Å²) in [5.41, 5.74) is 1.14. The van der Waals surface area contributed by atoms with Gasteiger partial charge in [-0.3, -0.25) is 10.1 Å². The van der Waals surface area contributed by atoms with E-state index < -0.39 is 4.92 Å². The van der Waals surface area contributed by atoms with Crippen LogP contribution in [-0.4, -0.2) is 4.92 Å². The average molecular weight is 357 g/mol. The van der Waals surface area contributed by atoms with E-state index >= 15 is 0 Å². The molecule has 4 rings (SSSR count). The number of aromatic nitrogens is 1. The first-order valence-electron chi connectivity index (χ1n) is 8.58. The van der Waals surface area contributed by atoms with Crippen molar-refractivity contribution >= 4 is 16.5 Å². The number of hydrogen-bond donors (Lipinski definition) is 0. The fourth-order valence-electron chi connectivity index (χ4n) is 3.02. The second-order valence-corrected chi connectivity index (χ2v) is 6.18. The molecule has 5 heteroatoms. The Balaban J connectivity index is 1.80. The van der Waals surface area contributed by atoms with Crippen LogP contribution in [0.5, 0.6) is 11.6 Å². The summed E-state index contributed by atoms with van der Waals surface area (Å²) in [6.07, 6.45) is 1.97. The molecule has 0 fully saturated rings. The number of rotatable bonds is 5. The van der Waals surface area contributed by atoms with Crippen LogP contribution in [-0.2, 0) is 6.54 Å². The minimum atomic E-state index is -0.423. The second kappa shape index (κ2) is 7.25. The number of nitro groups is 1. The van der Waals surface area contributed by atoms with Crippen molar-refractivity contribution in [1.82, 2.24) is 0 Å². The van der Waals surface area contributed by atoms with E-state index in [1.807, 2.05) is 59.3 Å². The zero-order valence-electron chi connectivity index (χ0n) is 14.5. The number of nitrogens with zero attached hydrogens (tertiary/aromatic N) is 2. The lowest BCUT2D eigenvalue weighted by molar-refractivity contribution is -0.691. The van der Waals surface area contributed by atoms with Gasteiger partial charge in [0.15, 0.2) is 12.7 Å². The van der Waals surface area contributed by atoms with Crippen LogP contribution in [0, 0.1) is 10.1 Å². The minimum Gasteiger partial charge on any atom is -0.404 e. The molecule has 0 saturated heterocycles. The van der Waals surface area contributed by atoms with Gasteiger partial charge in [0.2, 0.25) is 0 Å². The predicted octanol–water partition coefficient (Wildman–Crippen LogP) is 4.88. The number of nitro benzene ring substituents is 1. The third-order valence-electron chi connectivity index (χ3n) is 4.32. The summed E-state index contributed by atoms with van der Waals surface area (Å²) in [5.74, 6) is 1.08. The summed E-state index contributed by atoms with van der Waals surface area (Å²) in [5, 5.41) is 13.1. The maximum Gasteiger partial charge on any atom is 0.381 e. The van der Waals surface area contributed by atoms with E-state index in [0.29, 0.717) is 18.2 Å². The highest BCUT2D eigenvalue weighted by atomic mass is 16.6. The average Bonchev–Trinajstić information content (AvgIpc) is 2.71. The number of ether oxygens (including phenoxy) is 1. The van der Waals surface area contributed by atoms with Gasteiger partial charge in [-0.1, -0.05) is 54.6 Å². The first-order valence-corrected chi connectivity index (χ1v) is 8.58. The van der Waals surface area contributed by atoms with Gasteiger partial charge in [0.1, 0.15) is 5.75 Å². The van der Waals surface area contributed by atoms with E-state index in [-0.39, 0.29) is 5.69 Å². The van der Waals surface area contributed by atoms with Gasteiger partial charge in [-0.2, -0.15) is 4.57 Å². The number of non-ortho nitro benzene ring substituents is 1. The van der Waals surface area contributed by atoms with Crippen LogP contribution in [0.2, 0.25) is 0 Å². The van der Waals surface area contributed by atoms with Gasteiger partial charge in [-0.25, -0.2) is 0 Å². The topological polar surface area (TPSA) is 56.3 Å². The van der Waals surface area contributed by atoms with Crippen LogP contribution in [0.25, 0.3) is 10.8 Å². The summed E-state index contributed by atoms with van der Waals surface area (Å²) in [7, 11) is 0. The van der Waals surface area contributed by atoms with E-state index in [4.69, 9.17) is 4.74 Å². The molecule has 0 saturated carbocycles. The second-order valence-electron chi connectivity index (χ2n) is 6.18. The molecule has 132 valence electrons. The number of hydrogen-bond acceptors (Lipinski definition) is 3. The number of fused-ring (bicyclic) bond motifs is 1. The maximum absolute atomic E-state index is 11.1. The fraction of sp³-hybridized carbons (Fsp3) is 0.0455. The molecule has 4 aromatic rings. The molecule has 27 heavy (non-hydrogen) atoms. The highest BCUT2D eigenvalue weighted by molar-refractivity contribution is 5.85. The third kappa shape index (κ3) is 3.62. The summed E-state index contributed by atoms with van der Waals surface area (Å²) in [6.45, 7) is 0.635. The van der Waals surface area contributed by atoms with Crippen molar-refractivity contribution in [3.05, 3.63) is 107 Å². The molecule has 0 bridgehead atoms. The zero-order chi connectivity index (χ0) is 18.6. The quantitative estimate of drug-likeness (QED) is 0.291. The van der Waals surface area contributed by atoms with Crippen LogP contribution >= 0.6 is 0 Å². The Kier molecular flexibility index (Phi) is 4.49. The standard InChI is InChI=1S/C22H17N2O3/c25-24(26)19-10-6-11-20(15-19)27-22-21-12-5-4-9-18(21)13-14-23(22)16-17-7-2-1-3-8-17/h1-15H,16H2/q+1. The zero-order valence-corrected chi connectivity index (χ0v) is 14.5. The van der Waals surface area contributed by atoms with E-state index in [9.17, 15) is 10.1 Å². The predicted molar refractivity (Wildman–Crippen MR) is 103 cm³/mol. The minimum absolute atomic E-state index is 0.00217. The Bertz CT molecular complexity index is 1110. The Morgan fingerprint density at radius 3 is 2.48 bits per heavy atom. The molecule has 1 heterocycles. The molecule has 0 unspecified atom stereocenters. The van der Waals surface area contributed by atoms with Crippen molar-refractivity contribution in [3.63, 3.8) is 0 Å². The molecule has 0 aliphatic heterocycles. The Morgan fingerprint density at radius 1 is 0.889 bits per heavy atom. The van der Waals surface area contributed by atoms with Crippen molar-refractivity contribution in [2.75, 3.05) is 0 Å². The van der Waals surface area contributed by atoms with Crippen molar-refractivity contribution in [2.45, 2.75) is 6.54 Å². The number of benzene rings is 3. The number of pyridine rings is 1. The molecule has 0 N–H and O–H groups in total. The van der Waals surface area contributed by atoms with E-state index in [2.05, 4.69) is 12.1 Å². The SMILES string of the molecule is O=[N+]([O-])c1cccc(Oc2c3ccccc3cc[n+]2Cc2ccccc2)c1. The molecule has 1 aromatic heterocycles. The Hall–Kier alpha value is -3.73. The van der Waals surface area contributed by atoms with Gasteiger partial charge >= 0.3 is 5.88 Å². The fourth-order valence-corrected chi connectivity index (χ4v) is 3.02. The van der Waals surface area contributed by atoms with Crippen molar-refractivity contribution in [1.29, 1.82) is 0 Å². The summed E-state index contributed by atoms with van der Waals surface area (Å²) >= 11 is 0. The normalized spacial score (nSPS) is 10.7. The van der Waals surface area contributed by atoms with Gasteiger partial charge in [-0.15, -0.1) is 0 Å². The van der Waals surface area contributed by atoms with Crippen LogP contribution in [0.15, 0.2) is 91.1 Å². The van der Waals surface area contributed by atoms with E-state index in [0.717, 1.165) is 16.3 Å². The highest BCUT2D eigenvalue weighted by Gasteiger charge is 2.19. The van der Waals surface area contributed by atoms with Crippen LogP contribution in [0.4, 0.5) is 5.69 Å². The lowest BCUT2D eigenvalue weighted by atomic mass is 10.1. The first-order chi connectivity index (χ1) is 13.2. The largest absolute Gasteiger partial charge is 0.404 e. The summed E-state index contributed by atoms with van der Waals surface area (Å²) < 4.78 is 8.15. The smallest absolute Gasteiger partial charge is 0.381 e. The van der Waals surface area contributed by atoms with Crippen molar-refractivity contribution < 1.29 is 14.2 Å². The monoisotopic (exact) mass is 357 g/mol. The van der Waals surface area contributed by atoms with Gasteiger partial charge in [0.05, 0.1) is 16.4 Å². The molecule has 0 aliphatic carbocycles. The lowest BCUT2D eigenvalue weighted by Gasteiger charge is -2.09. The van der Waals surface area contributed by atoms with Crippen molar-refractivity contribution in [2.24, 2.45) is 0 Å².